The number of methoxy groups -OCH3 is 3. The van der Waals surface area contributed by atoms with E-state index in [4.69, 9.17) is 14.2 Å². The zero-order valence-corrected chi connectivity index (χ0v) is 20.3. The van der Waals surface area contributed by atoms with Gasteiger partial charge in [0.2, 0.25) is 5.75 Å². The lowest BCUT2D eigenvalue weighted by Crippen LogP contribution is -2.48. The van der Waals surface area contributed by atoms with Gasteiger partial charge in [0.25, 0.3) is 11.6 Å². The van der Waals surface area contributed by atoms with Crippen LogP contribution in [0.2, 0.25) is 0 Å². The number of nitrogens with zero attached hydrogens (tertiary/aromatic N) is 3. The Labute approximate surface area is 197 Å². The standard InChI is InChI=1S/C22H27N3O8S/c1-31-19-6-5-15(20(32-2)21(19)33-3)14-23-7-9-24(10-8-23)22(26)16-11-17(25(27)28)13-18(12-16)34(4,29)30/h5-6,11-13H,7-10,14H2,1-4H3. The molecule has 0 aliphatic carbocycles. The van der Waals surface area contributed by atoms with Gasteiger partial charge >= 0.3 is 0 Å². The smallest absolute Gasteiger partial charge is 0.271 e. The highest BCUT2D eigenvalue weighted by Gasteiger charge is 2.26. The molecule has 1 aliphatic rings. The van der Waals surface area contributed by atoms with E-state index >= 15 is 0 Å². The van der Waals surface area contributed by atoms with Crippen LogP contribution in [-0.2, 0) is 16.4 Å². The molecule has 0 radical (unpaired) electrons. The van der Waals surface area contributed by atoms with Crippen molar-refractivity contribution in [3.63, 3.8) is 0 Å². The molecule has 1 fully saturated rings. The first-order chi connectivity index (χ1) is 16.1. The van der Waals surface area contributed by atoms with Crippen LogP contribution in [0, 0.1) is 10.1 Å². The number of ether oxygens (including phenoxy) is 3. The first-order valence-electron chi connectivity index (χ1n) is 10.4. The number of amides is 1. The second-order valence-corrected chi connectivity index (χ2v) is 9.82. The van der Waals surface area contributed by atoms with Crippen molar-refractivity contribution in [2.45, 2.75) is 11.4 Å². The van der Waals surface area contributed by atoms with E-state index in [9.17, 15) is 23.3 Å². The molecular formula is C22H27N3O8S. The maximum absolute atomic E-state index is 13.0. The maximum atomic E-state index is 13.0. The molecular weight excluding hydrogens is 466 g/mol. The number of rotatable bonds is 8. The summed E-state index contributed by atoms with van der Waals surface area (Å²) >= 11 is 0. The van der Waals surface area contributed by atoms with E-state index in [1.807, 2.05) is 6.07 Å². The lowest BCUT2D eigenvalue weighted by atomic mass is 10.1. The van der Waals surface area contributed by atoms with Crippen molar-refractivity contribution < 1.29 is 32.3 Å². The van der Waals surface area contributed by atoms with Gasteiger partial charge in [0.15, 0.2) is 21.3 Å². The number of hydrogen-bond donors (Lipinski definition) is 0. The van der Waals surface area contributed by atoms with Crippen LogP contribution in [0.3, 0.4) is 0 Å². The average molecular weight is 494 g/mol. The minimum Gasteiger partial charge on any atom is -0.493 e. The monoisotopic (exact) mass is 493 g/mol. The molecule has 1 amide bonds. The van der Waals surface area contributed by atoms with Gasteiger partial charge in [-0.15, -0.1) is 0 Å². The second-order valence-electron chi connectivity index (χ2n) is 7.81. The van der Waals surface area contributed by atoms with E-state index < -0.39 is 26.4 Å². The first-order valence-corrected chi connectivity index (χ1v) is 12.3. The molecule has 2 aromatic rings. The summed E-state index contributed by atoms with van der Waals surface area (Å²) in [7, 11) is 0.924. The molecule has 11 nitrogen and oxygen atoms in total. The van der Waals surface area contributed by atoms with Gasteiger partial charge in [-0.25, -0.2) is 8.42 Å². The molecule has 12 heteroatoms. The summed E-state index contributed by atoms with van der Waals surface area (Å²) in [6.07, 6.45) is 0.946. The van der Waals surface area contributed by atoms with Crippen LogP contribution < -0.4 is 14.2 Å². The van der Waals surface area contributed by atoms with E-state index in [1.54, 1.807) is 25.2 Å². The number of hydrogen-bond acceptors (Lipinski definition) is 9. The van der Waals surface area contributed by atoms with Gasteiger partial charge in [0, 0.05) is 62.2 Å². The number of carbonyl (C=O) groups is 1. The average Bonchev–Trinajstić information content (AvgIpc) is 2.82. The van der Waals surface area contributed by atoms with Gasteiger partial charge < -0.3 is 19.1 Å². The van der Waals surface area contributed by atoms with E-state index in [1.165, 1.54) is 13.2 Å². The van der Waals surface area contributed by atoms with E-state index in [-0.39, 0.29) is 10.5 Å². The van der Waals surface area contributed by atoms with E-state index in [0.29, 0.717) is 50.0 Å². The molecule has 34 heavy (non-hydrogen) atoms. The third kappa shape index (κ3) is 5.39. The lowest BCUT2D eigenvalue weighted by molar-refractivity contribution is -0.385. The van der Waals surface area contributed by atoms with Crippen LogP contribution in [0.5, 0.6) is 17.2 Å². The number of nitro benzene ring substituents is 1. The zero-order valence-electron chi connectivity index (χ0n) is 19.4. The third-order valence-corrected chi connectivity index (χ3v) is 6.71. The van der Waals surface area contributed by atoms with Gasteiger partial charge in [0.05, 0.1) is 31.1 Å². The van der Waals surface area contributed by atoms with Crippen molar-refractivity contribution in [3.8, 4) is 17.2 Å². The fourth-order valence-corrected chi connectivity index (χ4v) is 4.52. The Morgan fingerprint density at radius 3 is 2.18 bits per heavy atom. The van der Waals surface area contributed by atoms with Crippen molar-refractivity contribution in [3.05, 3.63) is 51.6 Å². The zero-order chi connectivity index (χ0) is 25.0. The Morgan fingerprint density at radius 2 is 1.65 bits per heavy atom. The number of carbonyl (C=O) groups excluding carboxylic acids is 1. The molecule has 0 saturated carbocycles. The van der Waals surface area contributed by atoms with Gasteiger partial charge in [0.1, 0.15) is 0 Å². The summed E-state index contributed by atoms with van der Waals surface area (Å²) in [5.74, 6) is 1.19. The summed E-state index contributed by atoms with van der Waals surface area (Å²) in [6.45, 7) is 2.42. The topological polar surface area (TPSA) is 129 Å². The SMILES string of the molecule is COc1ccc(CN2CCN(C(=O)c3cc([N+](=O)[O-])cc(S(C)(=O)=O)c3)CC2)c(OC)c1OC. The van der Waals surface area contributed by atoms with Gasteiger partial charge in [-0.2, -0.15) is 0 Å². The van der Waals surface area contributed by atoms with Gasteiger partial charge in [-0.1, -0.05) is 6.07 Å². The highest BCUT2D eigenvalue weighted by atomic mass is 32.2. The summed E-state index contributed by atoms with van der Waals surface area (Å²) in [5.41, 5.74) is 0.437. The summed E-state index contributed by atoms with van der Waals surface area (Å²) in [6, 6.07) is 6.95. The number of piperazine rings is 1. The Morgan fingerprint density at radius 1 is 1.00 bits per heavy atom. The van der Waals surface area contributed by atoms with Crippen LogP contribution in [0.15, 0.2) is 35.2 Å². The second kappa shape index (κ2) is 10.3. The van der Waals surface area contributed by atoms with Gasteiger partial charge in [-0.3, -0.25) is 19.8 Å². The molecule has 2 aromatic carbocycles. The largest absolute Gasteiger partial charge is 0.493 e. The molecule has 184 valence electrons. The maximum Gasteiger partial charge on any atom is 0.271 e. The van der Waals surface area contributed by atoms with Gasteiger partial charge in [-0.05, 0) is 12.1 Å². The van der Waals surface area contributed by atoms with Crippen molar-refractivity contribution in [2.24, 2.45) is 0 Å². The fourth-order valence-electron chi connectivity index (χ4n) is 3.85. The highest BCUT2D eigenvalue weighted by molar-refractivity contribution is 7.90. The minimum absolute atomic E-state index is 0.0235. The number of benzene rings is 2. The molecule has 1 saturated heterocycles. The molecule has 0 atom stereocenters. The predicted molar refractivity (Wildman–Crippen MR) is 123 cm³/mol. The number of non-ortho nitro benzene ring substituents is 1. The van der Waals surface area contributed by atoms with Crippen molar-refractivity contribution >= 4 is 21.4 Å². The van der Waals surface area contributed by atoms with Crippen LogP contribution in [-0.4, -0.2) is 82.8 Å². The molecule has 3 rings (SSSR count). The van der Waals surface area contributed by atoms with Crippen LogP contribution >= 0.6 is 0 Å². The van der Waals surface area contributed by atoms with Crippen LogP contribution in [0.25, 0.3) is 0 Å². The lowest BCUT2D eigenvalue weighted by Gasteiger charge is -2.35. The highest BCUT2D eigenvalue weighted by Crippen LogP contribution is 2.40. The molecule has 1 heterocycles. The number of sulfone groups is 1. The van der Waals surface area contributed by atoms with Crippen molar-refractivity contribution in [1.29, 1.82) is 0 Å². The van der Waals surface area contributed by atoms with Crippen LogP contribution in [0.1, 0.15) is 15.9 Å². The Hall–Kier alpha value is -3.38. The third-order valence-electron chi connectivity index (χ3n) is 5.62. The summed E-state index contributed by atoms with van der Waals surface area (Å²) < 4.78 is 40.2. The van der Waals surface area contributed by atoms with E-state index in [0.717, 1.165) is 24.0 Å². The molecule has 1 aliphatic heterocycles. The predicted octanol–water partition coefficient (Wildman–Crippen LogP) is 1.98. The minimum atomic E-state index is -3.72. The Bertz CT molecular complexity index is 1190. The molecule has 0 aromatic heterocycles. The summed E-state index contributed by atoms with van der Waals surface area (Å²) in [5, 5.41) is 11.2. The van der Waals surface area contributed by atoms with E-state index in [2.05, 4.69) is 4.90 Å². The normalized spacial score (nSPS) is 14.5. The first kappa shape index (κ1) is 25.2. The molecule has 0 bridgehead atoms. The Kier molecular flexibility index (Phi) is 7.62. The van der Waals surface area contributed by atoms with Crippen molar-refractivity contribution in [1.82, 2.24) is 9.80 Å². The number of nitro groups is 1. The van der Waals surface area contributed by atoms with Crippen LogP contribution in [0.4, 0.5) is 5.69 Å². The molecule has 0 N–H and O–H groups in total. The molecule has 0 unspecified atom stereocenters. The Balaban J connectivity index is 1.74. The van der Waals surface area contributed by atoms with Crippen molar-refractivity contribution in [2.75, 3.05) is 53.8 Å². The molecule has 0 spiro atoms. The quantitative estimate of drug-likeness (QED) is 0.400. The summed E-state index contributed by atoms with van der Waals surface area (Å²) in [4.78, 5) is 27.0. The fraction of sp³-hybridized carbons (Fsp3) is 0.409.